The molecule has 0 aromatic heterocycles. The zero-order valence-corrected chi connectivity index (χ0v) is 15.8. The van der Waals surface area contributed by atoms with E-state index in [1.54, 1.807) is 0 Å². The van der Waals surface area contributed by atoms with Gasteiger partial charge in [0.15, 0.2) is 0 Å². The predicted octanol–water partition coefficient (Wildman–Crippen LogP) is 4.27. The molecule has 0 unspecified atom stereocenters. The van der Waals surface area contributed by atoms with Crippen molar-refractivity contribution in [2.45, 2.75) is 38.5 Å². The van der Waals surface area contributed by atoms with Gasteiger partial charge >= 0.3 is 0 Å². The molecule has 1 aromatic carbocycles. The fraction of sp³-hybridized carbons (Fsp3) is 0.556. The first-order valence-electron chi connectivity index (χ1n) is 7.71. The second kappa shape index (κ2) is 9.29. The Balaban J connectivity index is 0.00000191. The Kier molecular flexibility index (Phi) is 8.95. The average Bonchev–Trinajstić information content (AvgIpc) is 2.46. The number of hydrogen-bond acceptors (Lipinski definition) is 2. The van der Waals surface area contributed by atoms with Gasteiger partial charge in [-0.1, -0.05) is 57.6 Å². The first-order chi connectivity index (χ1) is 9.76. The topological polar surface area (TPSA) is 6.48 Å². The summed E-state index contributed by atoms with van der Waals surface area (Å²) in [5.41, 5.74) is 1.37. The van der Waals surface area contributed by atoms with E-state index in [4.69, 9.17) is 0 Å². The lowest BCUT2D eigenvalue weighted by molar-refractivity contribution is 0.372. The van der Waals surface area contributed by atoms with Crippen molar-refractivity contribution in [2.75, 3.05) is 34.2 Å². The minimum atomic E-state index is -1.40. The van der Waals surface area contributed by atoms with E-state index in [1.165, 1.54) is 10.5 Å². The number of benzene rings is 1. The molecule has 0 spiro atoms. The second-order valence-corrected chi connectivity index (χ2v) is 8.44. The summed E-state index contributed by atoms with van der Waals surface area (Å²) in [5.74, 6) is 9.39. The third kappa shape index (κ3) is 5.85. The SMILES string of the molecule is C=S(=C)(c1ccccc1C(C)C)N(C)CCN(C)C.CC. The summed E-state index contributed by atoms with van der Waals surface area (Å²) in [5, 5.41) is 0. The van der Waals surface area contributed by atoms with Crippen LogP contribution in [0.2, 0.25) is 0 Å². The van der Waals surface area contributed by atoms with Gasteiger partial charge in [-0.3, -0.25) is 4.31 Å². The summed E-state index contributed by atoms with van der Waals surface area (Å²) in [6.07, 6.45) is 0. The molecule has 2 nitrogen and oxygen atoms in total. The highest BCUT2D eigenvalue weighted by atomic mass is 32.2. The fourth-order valence-electron chi connectivity index (χ4n) is 1.99. The first-order valence-corrected chi connectivity index (χ1v) is 9.64. The molecule has 1 rings (SSSR count). The fourth-order valence-corrected chi connectivity index (χ4v) is 3.83. The minimum Gasteiger partial charge on any atom is -0.308 e. The summed E-state index contributed by atoms with van der Waals surface area (Å²) in [6, 6.07) is 8.60. The van der Waals surface area contributed by atoms with Crippen LogP contribution in [0, 0.1) is 0 Å². The van der Waals surface area contributed by atoms with E-state index in [2.05, 4.69) is 80.2 Å². The van der Waals surface area contributed by atoms with Crippen LogP contribution in [0.3, 0.4) is 0 Å². The molecule has 0 aliphatic rings. The van der Waals surface area contributed by atoms with Crippen LogP contribution >= 0.6 is 9.39 Å². The molecule has 0 fully saturated rings. The van der Waals surface area contributed by atoms with Crippen LogP contribution in [0.4, 0.5) is 0 Å². The molecule has 0 saturated heterocycles. The van der Waals surface area contributed by atoms with Gasteiger partial charge in [-0.2, -0.15) is 0 Å². The van der Waals surface area contributed by atoms with Crippen LogP contribution < -0.4 is 0 Å². The Bertz CT molecular complexity index is 502. The van der Waals surface area contributed by atoms with E-state index >= 15 is 0 Å². The number of rotatable bonds is 6. The van der Waals surface area contributed by atoms with Gasteiger partial charge in [0.1, 0.15) is 0 Å². The van der Waals surface area contributed by atoms with E-state index in [0.717, 1.165) is 13.1 Å². The van der Waals surface area contributed by atoms with Crippen molar-refractivity contribution in [3.8, 4) is 0 Å². The molecule has 0 heterocycles. The Morgan fingerprint density at radius 1 is 1.00 bits per heavy atom. The van der Waals surface area contributed by atoms with E-state index < -0.39 is 9.39 Å². The largest absolute Gasteiger partial charge is 0.308 e. The summed E-state index contributed by atoms with van der Waals surface area (Å²) < 4.78 is 2.31. The van der Waals surface area contributed by atoms with E-state index in [1.807, 2.05) is 13.8 Å². The molecular formula is C18H34N2S. The summed E-state index contributed by atoms with van der Waals surface area (Å²) in [4.78, 5) is 3.51. The van der Waals surface area contributed by atoms with Crippen molar-refractivity contribution in [1.29, 1.82) is 0 Å². The minimum absolute atomic E-state index is 0.508. The third-order valence-electron chi connectivity index (χ3n) is 3.41. The first kappa shape index (κ1) is 20.2. The summed E-state index contributed by atoms with van der Waals surface area (Å²) in [6.45, 7) is 10.5. The predicted molar refractivity (Wildman–Crippen MR) is 103 cm³/mol. The average molecular weight is 311 g/mol. The summed E-state index contributed by atoms with van der Waals surface area (Å²) in [7, 11) is 4.92. The molecule has 0 atom stereocenters. The molecule has 3 heteroatoms. The van der Waals surface area contributed by atoms with E-state index in [0.29, 0.717) is 5.92 Å². The highest BCUT2D eigenvalue weighted by Gasteiger charge is 2.14. The number of likely N-dealkylation sites (N-methyl/N-ethyl adjacent to an activating group) is 2. The summed E-state index contributed by atoms with van der Waals surface area (Å²) >= 11 is 0. The Morgan fingerprint density at radius 2 is 1.52 bits per heavy atom. The van der Waals surface area contributed by atoms with Crippen LogP contribution in [0.5, 0.6) is 0 Å². The zero-order chi connectivity index (χ0) is 16.6. The smallest absolute Gasteiger partial charge is 0.0208 e. The molecular weight excluding hydrogens is 276 g/mol. The molecule has 0 N–H and O–H groups in total. The highest BCUT2D eigenvalue weighted by molar-refractivity contribution is 8.25. The highest BCUT2D eigenvalue weighted by Crippen LogP contribution is 2.39. The van der Waals surface area contributed by atoms with Gasteiger partial charge in [-0.15, -0.1) is 9.39 Å². The van der Waals surface area contributed by atoms with Crippen molar-refractivity contribution in [1.82, 2.24) is 9.21 Å². The lowest BCUT2D eigenvalue weighted by Gasteiger charge is -2.30. The van der Waals surface area contributed by atoms with Gasteiger partial charge in [0.2, 0.25) is 0 Å². The van der Waals surface area contributed by atoms with Gasteiger partial charge in [0, 0.05) is 18.0 Å². The molecule has 0 saturated carbocycles. The van der Waals surface area contributed by atoms with Crippen molar-refractivity contribution in [3.63, 3.8) is 0 Å². The number of nitrogens with zero attached hydrogens (tertiary/aromatic N) is 2. The van der Waals surface area contributed by atoms with Crippen LogP contribution in [-0.2, 0) is 0 Å². The van der Waals surface area contributed by atoms with Gasteiger partial charge in [0.05, 0.1) is 0 Å². The van der Waals surface area contributed by atoms with Crippen molar-refractivity contribution in [2.24, 2.45) is 0 Å². The molecule has 0 aliphatic carbocycles. The van der Waals surface area contributed by atoms with Gasteiger partial charge < -0.3 is 4.90 Å². The van der Waals surface area contributed by atoms with Crippen LogP contribution in [-0.4, -0.2) is 55.2 Å². The van der Waals surface area contributed by atoms with Gasteiger partial charge in [-0.25, -0.2) is 0 Å². The maximum absolute atomic E-state index is 4.44. The molecule has 0 radical (unpaired) electrons. The van der Waals surface area contributed by atoms with Crippen molar-refractivity contribution in [3.05, 3.63) is 29.8 Å². The molecule has 21 heavy (non-hydrogen) atoms. The van der Waals surface area contributed by atoms with E-state index in [9.17, 15) is 0 Å². The van der Waals surface area contributed by atoms with Crippen LogP contribution in [0.1, 0.15) is 39.2 Å². The standard InChI is InChI=1S/C16H28N2S.C2H6/c1-14(2)15-10-8-9-11-16(15)19(6,7)18(5)13-12-17(3)4;1-2/h8-11,14H,6-7,12-13H2,1-5H3;1-2H3. The number of hydrogen-bond donors (Lipinski definition) is 0. The maximum atomic E-state index is 4.44. The molecule has 1 aromatic rings. The Labute approximate surface area is 133 Å². The molecule has 122 valence electrons. The quantitative estimate of drug-likeness (QED) is 0.724. The normalized spacial score (nSPS) is 11.7. The van der Waals surface area contributed by atoms with Gasteiger partial charge in [-0.05, 0) is 38.7 Å². The lowest BCUT2D eigenvalue weighted by Crippen LogP contribution is -2.26. The van der Waals surface area contributed by atoms with Crippen LogP contribution in [0.25, 0.3) is 0 Å². The van der Waals surface area contributed by atoms with Gasteiger partial charge in [0.25, 0.3) is 0 Å². The van der Waals surface area contributed by atoms with E-state index in [-0.39, 0.29) is 0 Å². The molecule has 0 bridgehead atoms. The molecule has 0 aliphatic heterocycles. The maximum Gasteiger partial charge on any atom is 0.0208 e. The van der Waals surface area contributed by atoms with Crippen LogP contribution in [0.15, 0.2) is 29.2 Å². The second-order valence-electron chi connectivity index (χ2n) is 5.69. The third-order valence-corrected chi connectivity index (χ3v) is 5.98. The Morgan fingerprint density at radius 3 is 2.00 bits per heavy atom. The monoisotopic (exact) mass is 310 g/mol. The van der Waals surface area contributed by atoms with Crippen molar-refractivity contribution < 1.29 is 0 Å². The lowest BCUT2D eigenvalue weighted by atomic mass is 10.0. The molecule has 0 amide bonds. The van der Waals surface area contributed by atoms with Crippen molar-refractivity contribution >= 4 is 21.1 Å². The zero-order valence-electron chi connectivity index (χ0n) is 15.0. The Hall–Kier alpha value is -0.770.